The highest BCUT2D eigenvalue weighted by Gasteiger charge is 2.44. The fraction of sp³-hybridized carbons (Fsp3) is 0.778. The molecule has 0 unspecified atom stereocenters. The highest BCUT2D eigenvalue weighted by atomic mass is 32.2. The quantitative estimate of drug-likeness (QED) is 0.647. The van der Waals surface area contributed by atoms with E-state index in [0.29, 0.717) is 12.8 Å². The van der Waals surface area contributed by atoms with E-state index in [0.717, 1.165) is 7.11 Å². The van der Waals surface area contributed by atoms with E-state index in [9.17, 15) is 18.0 Å². The number of carboxylic acids is 1. The molecule has 0 radical (unpaired) electrons. The van der Waals surface area contributed by atoms with Gasteiger partial charge in [0.2, 0.25) is 10.0 Å². The first-order valence-corrected chi connectivity index (χ1v) is 6.78. The van der Waals surface area contributed by atoms with Crippen LogP contribution in [0.3, 0.4) is 0 Å². The van der Waals surface area contributed by atoms with Crippen molar-refractivity contribution in [2.45, 2.75) is 31.2 Å². The van der Waals surface area contributed by atoms with Crippen molar-refractivity contribution >= 4 is 22.0 Å². The standard InChI is InChI=1S/C9H15NO6S/c1-16-7(11)6-17(14,15)10-9(8(12)13)4-2-3-5-9/h10H,2-6H2,1H3,(H,12,13). The number of sulfonamides is 1. The van der Waals surface area contributed by atoms with Gasteiger partial charge < -0.3 is 9.84 Å². The number of nitrogens with one attached hydrogen (secondary N) is 1. The van der Waals surface area contributed by atoms with Gasteiger partial charge in [-0.15, -0.1) is 0 Å². The molecule has 0 saturated heterocycles. The Morgan fingerprint density at radius 1 is 1.35 bits per heavy atom. The summed E-state index contributed by atoms with van der Waals surface area (Å²) in [7, 11) is -2.92. The summed E-state index contributed by atoms with van der Waals surface area (Å²) in [4.78, 5) is 22.0. The number of carbonyl (C=O) groups excluding carboxylic acids is 1. The van der Waals surface area contributed by atoms with E-state index in [2.05, 4.69) is 9.46 Å². The predicted octanol–water partition coefficient (Wildman–Crippen LogP) is -0.524. The zero-order valence-electron chi connectivity index (χ0n) is 9.43. The van der Waals surface area contributed by atoms with Crippen molar-refractivity contribution in [3.8, 4) is 0 Å². The van der Waals surface area contributed by atoms with Gasteiger partial charge in [-0.05, 0) is 12.8 Å². The zero-order valence-corrected chi connectivity index (χ0v) is 10.2. The molecule has 1 saturated carbocycles. The molecule has 0 bridgehead atoms. The monoisotopic (exact) mass is 265 g/mol. The van der Waals surface area contributed by atoms with Gasteiger partial charge in [-0.3, -0.25) is 9.59 Å². The highest BCUT2D eigenvalue weighted by molar-refractivity contribution is 7.90. The summed E-state index contributed by atoms with van der Waals surface area (Å²) in [5.41, 5.74) is -1.47. The van der Waals surface area contributed by atoms with Crippen LogP contribution in [-0.2, 0) is 24.3 Å². The first-order valence-electron chi connectivity index (χ1n) is 5.13. The van der Waals surface area contributed by atoms with Crippen LogP contribution in [-0.4, -0.2) is 43.9 Å². The van der Waals surface area contributed by atoms with Crippen LogP contribution in [0.1, 0.15) is 25.7 Å². The fourth-order valence-electron chi connectivity index (χ4n) is 1.89. The molecule has 0 aromatic heterocycles. The van der Waals surface area contributed by atoms with Crippen LogP contribution in [0, 0.1) is 0 Å². The Hall–Kier alpha value is -1.15. The van der Waals surface area contributed by atoms with Crippen LogP contribution < -0.4 is 4.72 Å². The van der Waals surface area contributed by atoms with Gasteiger partial charge in [-0.25, -0.2) is 8.42 Å². The van der Waals surface area contributed by atoms with Crippen molar-refractivity contribution in [3.05, 3.63) is 0 Å². The molecule has 0 atom stereocenters. The molecule has 2 N–H and O–H groups in total. The van der Waals surface area contributed by atoms with E-state index in [1.54, 1.807) is 0 Å². The average molecular weight is 265 g/mol. The minimum Gasteiger partial charge on any atom is -0.480 e. The molecule has 8 heteroatoms. The van der Waals surface area contributed by atoms with Gasteiger partial charge in [0.05, 0.1) is 7.11 Å². The first kappa shape index (κ1) is 13.9. The molecular weight excluding hydrogens is 250 g/mol. The number of carbonyl (C=O) groups is 2. The van der Waals surface area contributed by atoms with Gasteiger partial charge in [-0.2, -0.15) is 4.72 Å². The lowest BCUT2D eigenvalue weighted by molar-refractivity contribution is -0.144. The number of methoxy groups -OCH3 is 1. The molecule has 1 rings (SSSR count). The predicted molar refractivity (Wildman–Crippen MR) is 57.8 cm³/mol. The summed E-state index contributed by atoms with van der Waals surface area (Å²) in [6, 6.07) is 0. The number of aliphatic carboxylic acids is 1. The Kier molecular flexibility index (Phi) is 4.10. The lowest BCUT2D eigenvalue weighted by Crippen LogP contribution is -2.53. The number of hydrogen-bond acceptors (Lipinski definition) is 5. The molecule has 98 valence electrons. The molecule has 7 nitrogen and oxygen atoms in total. The zero-order chi connectivity index (χ0) is 13.1. The third-order valence-corrected chi connectivity index (χ3v) is 4.07. The van der Waals surface area contributed by atoms with E-state index in [4.69, 9.17) is 5.11 Å². The molecule has 17 heavy (non-hydrogen) atoms. The third kappa shape index (κ3) is 3.40. The summed E-state index contributed by atoms with van der Waals surface area (Å²) >= 11 is 0. The molecule has 1 fully saturated rings. The maximum absolute atomic E-state index is 11.6. The second kappa shape index (κ2) is 5.01. The Labute approximate surface area is 99.2 Å². The average Bonchev–Trinajstić information content (AvgIpc) is 2.65. The Morgan fingerprint density at radius 2 is 1.88 bits per heavy atom. The number of hydrogen-bond donors (Lipinski definition) is 2. The lowest BCUT2D eigenvalue weighted by atomic mass is 10.0. The maximum atomic E-state index is 11.6. The minimum atomic E-state index is -3.99. The van der Waals surface area contributed by atoms with Crippen LogP contribution >= 0.6 is 0 Å². The van der Waals surface area contributed by atoms with Crippen LogP contribution in [0.5, 0.6) is 0 Å². The fourth-order valence-corrected chi connectivity index (χ4v) is 3.27. The van der Waals surface area contributed by atoms with Crippen molar-refractivity contribution in [3.63, 3.8) is 0 Å². The van der Waals surface area contributed by atoms with Crippen molar-refractivity contribution in [1.82, 2.24) is 4.72 Å². The molecule has 1 aliphatic carbocycles. The number of carboxylic acid groups (broad SMARTS) is 1. The van der Waals surface area contributed by atoms with Crippen LogP contribution in [0.25, 0.3) is 0 Å². The topological polar surface area (TPSA) is 110 Å². The minimum absolute atomic E-state index is 0.239. The second-order valence-electron chi connectivity index (χ2n) is 4.03. The molecule has 0 aromatic carbocycles. The summed E-state index contributed by atoms with van der Waals surface area (Å²) in [6.07, 6.45) is 1.77. The summed E-state index contributed by atoms with van der Waals surface area (Å²) in [6.45, 7) is 0. The molecule has 0 spiro atoms. The van der Waals surface area contributed by atoms with Crippen molar-refractivity contribution in [1.29, 1.82) is 0 Å². The van der Waals surface area contributed by atoms with E-state index in [1.807, 2.05) is 0 Å². The number of rotatable bonds is 5. The highest BCUT2D eigenvalue weighted by Crippen LogP contribution is 2.30. The molecule has 1 aliphatic rings. The maximum Gasteiger partial charge on any atom is 0.324 e. The SMILES string of the molecule is COC(=O)CS(=O)(=O)NC1(C(=O)O)CCCC1. The summed E-state index contributed by atoms with van der Waals surface area (Å²) in [5.74, 6) is -2.99. The number of ether oxygens (including phenoxy) is 1. The molecule has 0 aliphatic heterocycles. The van der Waals surface area contributed by atoms with Crippen LogP contribution in [0.4, 0.5) is 0 Å². The van der Waals surface area contributed by atoms with E-state index in [1.165, 1.54) is 0 Å². The molecule has 0 heterocycles. The molecular formula is C9H15NO6S. The normalized spacial score (nSPS) is 18.9. The van der Waals surface area contributed by atoms with E-state index < -0.39 is 33.3 Å². The van der Waals surface area contributed by atoms with E-state index in [-0.39, 0.29) is 12.8 Å². The van der Waals surface area contributed by atoms with Crippen molar-refractivity contribution in [2.75, 3.05) is 12.9 Å². The molecule has 0 aromatic rings. The van der Waals surface area contributed by atoms with Gasteiger partial charge in [0.25, 0.3) is 0 Å². The summed E-state index contributed by atoms with van der Waals surface area (Å²) in [5, 5.41) is 9.08. The van der Waals surface area contributed by atoms with Gasteiger partial charge in [-0.1, -0.05) is 12.8 Å². The van der Waals surface area contributed by atoms with Crippen LogP contribution in [0.2, 0.25) is 0 Å². The Balaban J connectivity index is 2.81. The Bertz CT molecular complexity index is 409. The van der Waals surface area contributed by atoms with Gasteiger partial charge in [0.1, 0.15) is 5.54 Å². The van der Waals surface area contributed by atoms with Gasteiger partial charge >= 0.3 is 11.9 Å². The lowest BCUT2D eigenvalue weighted by Gasteiger charge is -2.24. The largest absolute Gasteiger partial charge is 0.480 e. The molecule has 0 amide bonds. The van der Waals surface area contributed by atoms with Gasteiger partial charge in [0, 0.05) is 0 Å². The van der Waals surface area contributed by atoms with Crippen molar-refractivity contribution in [2.24, 2.45) is 0 Å². The smallest absolute Gasteiger partial charge is 0.324 e. The summed E-state index contributed by atoms with van der Waals surface area (Å²) < 4.78 is 29.5. The van der Waals surface area contributed by atoms with Gasteiger partial charge in [0.15, 0.2) is 5.75 Å². The Morgan fingerprint density at radius 3 is 2.29 bits per heavy atom. The van der Waals surface area contributed by atoms with Crippen LogP contribution in [0.15, 0.2) is 0 Å². The third-order valence-electron chi connectivity index (χ3n) is 2.75. The number of esters is 1. The van der Waals surface area contributed by atoms with Crippen molar-refractivity contribution < 1.29 is 27.9 Å². The second-order valence-corrected chi connectivity index (χ2v) is 5.75. The first-order chi connectivity index (χ1) is 7.81. The van der Waals surface area contributed by atoms with E-state index >= 15 is 0 Å².